The molecule has 0 aliphatic carbocycles. The Balaban J connectivity index is 1.72. The summed E-state index contributed by atoms with van der Waals surface area (Å²) >= 11 is 0. The van der Waals surface area contributed by atoms with E-state index in [0.29, 0.717) is 35.1 Å². The van der Waals surface area contributed by atoms with Gasteiger partial charge in [0, 0.05) is 23.7 Å². The standard InChI is InChI=1S/C21H26N2O5S/c1-3-4-10-23(16-9-11-29(26,27)14-16)20(24)13-28-21(25)18-12-15(2)22-19-8-6-5-7-17(18)19/h5-8,12,16H,3-4,9-11,13-14H2,1-2H3/t16-/m0/s1. The highest BCUT2D eigenvalue weighted by Gasteiger charge is 2.34. The highest BCUT2D eigenvalue weighted by atomic mass is 32.2. The van der Waals surface area contributed by atoms with Crippen LogP contribution in [0.1, 0.15) is 42.2 Å². The smallest absolute Gasteiger partial charge is 0.339 e. The van der Waals surface area contributed by atoms with Crippen molar-refractivity contribution in [3.8, 4) is 0 Å². The molecule has 1 aromatic carbocycles. The first-order valence-corrected chi connectivity index (χ1v) is 11.7. The second kappa shape index (κ2) is 8.90. The molecule has 1 aromatic heterocycles. The first-order chi connectivity index (χ1) is 13.8. The van der Waals surface area contributed by atoms with Crippen LogP contribution < -0.4 is 0 Å². The highest BCUT2D eigenvalue weighted by Crippen LogP contribution is 2.21. The first-order valence-electron chi connectivity index (χ1n) is 9.84. The summed E-state index contributed by atoms with van der Waals surface area (Å²) in [6.07, 6.45) is 2.08. The maximum Gasteiger partial charge on any atom is 0.339 e. The van der Waals surface area contributed by atoms with E-state index < -0.39 is 22.4 Å². The minimum Gasteiger partial charge on any atom is -0.452 e. The number of amides is 1. The van der Waals surface area contributed by atoms with Crippen LogP contribution in [-0.2, 0) is 19.4 Å². The molecule has 156 valence electrons. The zero-order chi connectivity index (χ0) is 21.0. The summed E-state index contributed by atoms with van der Waals surface area (Å²) in [5.74, 6) is -0.876. The molecule has 0 bridgehead atoms. The second-order valence-electron chi connectivity index (χ2n) is 7.40. The molecule has 1 atom stereocenters. The van der Waals surface area contributed by atoms with Gasteiger partial charge in [0.05, 0.1) is 22.6 Å². The average Bonchev–Trinajstić information content (AvgIpc) is 3.05. The molecule has 0 unspecified atom stereocenters. The number of fused-ring (bicyclic) bond motifs is 1. The van der Waals surface area contributed by atoms with E-state index in [4.69, 9.17) is 4.74 Å². The van der Waals surface area contributed by atoms with Gasteiger partial charge >= 0.3 is 5.97 Å². The number of aryl methyl sites for hydroxylation is 1. The van der Waals surface area contributed by atoms with E-state index in [0.717, 1.165) is 12.8 Å². The molecular weight excluding hydrogens is 392 g/mol. The van der Waals surface area contributed by atoms with Crippen molar-refractivity contribution in [3.05, 3.63) is 41.6 Å². The number of hydrogen-bond acceptors (Lipinski definition) is 6. The number of nitrogens with zero attached hydrogens (tertiary/aromatic N) is 2. The molecule has 0 N–H and O–H groups in total. The highest BCUT2D eigenvalue weighted by molar-refractivity contribution is 7.91. The number of aromatic nitrogens is 1. The number of unbranched alkanes of at least 4 members (excludes halogenated alkanes) is 1. The predicted octanol–water partition coefficient (Wildman–Crippen LogP) is 2.52. The maximum atomic E-state index is 12.8. The lowest BCUT2D eigenvalue weighted by molar-refractivity contribution is -0.136. The Kier molecular flexibility index (Phi) is 6.52. The van der Waals surface area contributed by atoms with Crippen molar-refractivity contribution in [3.63, 3.8) is 0 Å². The molecule has 1 aliphatic heterocycles. The summed E-state index contributed by atoms with van der Waals surface area (Å²) in [4.78, 5) is 31.4. The fourth-order valence-electron chi connectivity index (χ4n) is 3.63. The normalized spacial score (nSPS) is 17.9. The van der Waals surface area contributed by atoms with Gasteiger partial charge in [-0.05, 0) is 31.9 Å². The van der Waals surface area contributed by atoms with Gasteiger partial charge in [-0.3, -0.25) is 9.78 Å². The van der Waals surface area contributed by atoms with Crippen molar-refractivity contribution in [2.24, 2.45) is 0 Å². The van der Waals surface area contributed by atoms with Gasteiger partial charge in [-0.1, -0.05) is 31.5 Å². The number of ether oxygens (including phenoxy) is 1. The van der Waals surface area contributed by atoms with Crippen molar-refractivity contribution in [1.29, 1.82) is 0 Å². The summed E-state index contributed by atoms with van der Waals surface area (Å²) in [6.45, 7) is 3.85. The Labute approximate surface area is 171 Å². The van der Waals surface area contributed by atoms with Crippen LogP contribution in [0.3, 0.4) is 0 Å². The lowest BCUT2D eigenvalue weighted by atomic mass is 10.1. The SMILES string of the molecule is CCCCN(C(=O)COC(=O)c1cc(C)nc2ccccc12)[C@H]1CCS(=O)(=O)C1. The summed E-state index contributed by atoms with van der Waals surface area (Å²) < 4.78 is 29.0. The summed E-state index contributed by atoms with van der Waals surface area (Å²) in [7, 11) is -3.11. The molecule has 1 saturated heterocycles. The van der Waals surface area contributed by atoms with E-state index in [1.807, 2.05) is 25.1 Å². The van der Waals surface area contributed by atoms with Crippen molar-refractivity contribution in [2.45, 2.75) is 39.2 Å². The second-order valence-corrected chi connectivity index (χ2v) is 9.63. The summed E-state index contributed by atoms with van der Waals surface area (Å²) in [5.41, 5.74) is 1.73. The zero-order valence-corrected chi connectivity index (χ0v) is 17.6. The Morgan fingerprint density at radius 1 is 1.28 bits per heavy atom. The van der Waals surface area contributed by atoms with Crippen LogP contribution in [0.25, 0.3) is 10.9 Å². The third-order valence-electron chi connectivity index (χ3n) is 5.11. The first kappa shape index (κ1) is 21.2. The van der Waals surface area contributed by atoms with Crippen molar-refractivity contribution >= 4 is 32.6 Å². The topological polar surface area (TPSA) is 93.6 Å². The third kappa shape index (κ3) is 5.12. The van der Waals surface area contributed by atoms with Gasteiger partial charge in [-0.25, -0.2) is 13.2 Å². The molecule has 0 radical (unpaired) electrons. The molecule has 29 heavy (non-hydrogen) atoms. The van der Waals surface area contributed by atoms with E-state index >= 15 is 0 Å². The van der Waals surface area contributed by atoms with Gasteiger partial charge in [0.25, 0.3) is 5.91 Å². The van der Waals surface area contributed by atoms with Crippen LogP contribution in [-0.4, -0.2) is 60.9 Å². The van der Waals surface area contributed by atoms with Crippen LogP contribution in [0.4, 0.5) is 0 Å². The molecule has 1 aliphatic rings. The molecule has 8 heteroatoms. The zero-order valence-electron chi connectivity index (χ0n) is 16.8. The van der Waals surface area contributed by atoms with Crippen LogP contribution in [0.2, 0.25) is 0 Å². The van der Waals surface area contributed by atoms with Crippen molar-refractivity contribution in [2.75, 3.05) is 24.7 Å². The number of esters is 1. The van der Waals surface area contributed by atoms with E-state index in [2.05, 4.69) is 4.98 Å². The number of carbonyl (C=O) groups excluding carboxylic acids is 2. The number of rotatable bonds is 7. The fourth-order valence-corrected chi connectivity index (χ4v) is 5.36. The summed E-state index contributed by atoms with van der Waals surface area (Å²) in [5, 5.41) is 0.667. The van der Waals surface area contributed by atoms with Gasteiger partial charge in [0.2, 0.25) is 0 Å². The molecule has 7 nitrogen and oxygen atoms in total. The summed E-state index contributed by atoms with van der Waals surface area (Å²) in [6, 6.07) is 8.56. The number of benzene rings is 1. The number of hydrogen-bond donors (Lipinski definition) is 0. The Bertz CT molecular complexity index is 1020. The van der Waals surface area contributed by atoms with Gasteiger partial charge in [-0.2, -0.15) is 0 Å². The number of pyridine rings is 1. The van der Waals surface area contributed by atoms with E-state index in [9.17, 15) is 18.0 Å². The van der Waals surface area contributed by atoms with Crippen LogP contribution >= 0.6 is 0 Å². The minimum atomic E-state index is -3.11. The monoisotopic (exact) mass is 418 g/mol. The van der Waals surface area contributed by atoms with E-state index in [1.54, 1.807) is 24.0 Å². The van der Waals surface area contributed by atoms with E-state index in [-0.39, 0.29) is 23.5 Å². The number of para-hydroxylation sites is 1. The average molecular weight is 419 g/mol. The molecule has 1 amide bonds. The van der Waals surface area contributed by atoms with Gasteiger partial charge in [-0.15, -0.1) is 0 Å². The molecule has 0 spiro atoms. The Hall–Kier alpha value is -2.48. The molecular formula is C21H26N2O5S. The van der Waals surface area contributed by atoms with Crippen LogP contribution in [0.5, 0.6) is 0 Å². The molecule has 0 saturated carbocycles. The minimum absolute atomic E-state index is 0.0232. The predicted molar refractivity (Wildman–Crippen MR) is 110 cm³/mol. The number of sulfone groups is 1. The van der Waals surface area contributed by atoms with E-state index in [1.165, 1.54) is 0 Å². The lowest BCUT2D eigenvalue weighted by Gasteiger charge is -2.28. The molecule has 2 heterocycles. The largest absolute Gasteiger partial charge is 0.452 e. The molecule has 2 aromatic rings. The van der Waals surface area contributed by atoms with Crippen molar-refractivity contribution < 1.29 is 22.7 Å². The molecule has 1 fully saturated rings. The van der Waals surface area contributed by atoms with Gasteiger partial charge < -0.3 is 9.64 Å². The van der Waals surface area contributed by atoms with Crippen molar-refractivity contribution in [1.82, 2.24) is 9.88 Å². The third-order valence-corrected chi connectivity index (χ3v) is 6.86. The van der Waals surface area contributed by atoms with Gasteiger partial charge in [0.15, 0.2) is 16.4 Å². The maximum absolute atomic E-state index is 12.8. The lowest BCUT2D eigenvalue weighted by Crippen LogP contribution is -2.43. The quantitative estimate of drug-likeness (QED) is 0.642. The van der Waals surface area contributed by atoms with Crippen LogP contribution in [0.15, 0.2) is 30.3 Å². The number of carbonyl (C=O) groups is 2. The van der Waals surface area contributed by atoms with Gasteiger partial charge in [0.1, 0.15) is 0 Å². The van der Waals surface area contributed by atoms with Crippen LogP contribution in [0, 0.1) is 6.92 Å². The Morgan fingerprint density at radius 2 is 2.03 bits per heavy atom. The fraction of sp³-hybridized carbons (Fsp3) is 0.476. The Morgan fingerprint density at radius 3 is 2.72 bits per heavy atom. The molecule has 3 rings (SSSR count).